The van der Waals surface area contributed by atoms with Gasteiger partial charge in [-0.3, -0.25) is 10.1 Å². The van der Waals surface area contributed by atoms with E-state index in [2.05, 4.69) is 21.2 Å². The van der Waals surface area contributed by atoms with Crippen LogP contribution in [0.1, 0.15) is 15.9 Å². The molecule has 0 spiro atoms. The van der Waals surface area contributed by atoms with Crippen molar-refractivity contribution in [2.24, 2.45) is 0 Å². The number of carboxylic acid groups (broad SMARTS) is 1. The summed E-state index contributed by atoms with van der Waals surface area (Å²) in [4.78, 5) is 21.1. The SMILES string of the molecule is O=C(O)c1ccc(NCc2ccc(Br)cc2)cc1[N+](=O)[O-]. The largest absolute Gasteiger partial charge is 0.477 e. The second-order valence-electron chi connectivity index (χ2n) is 4.27. The van der Waals surface area contributed by atoms with Crippen LogP contribution in [-0.2, 0) is 6.54 Å². The van der Waals surface area contributed by atoms with E-state index in [1.165, 1.54) is 18.2 Å². The van der Waals surface area contributed by atoms with Gasteiger partial charge < -0.3 is 10.4 Å². The van der Waals surface area contributed by atoms with Crippen molar-refractivity contribution in [3.8, 4) is 0 Å². The Hall–Kier alpha value is -2.41. The molecule has 0 aliphatic heterocycles. The van der Waals surface area contributed by atoms with E-state index < -0.39 is 16.6 Å². The van der Waals surface area contributed by atoms with E-state index in [1.54, 1.807) is 0 Å². The third-order valence-corrected chi connectivity index (χ3v) is 3.36. The highest BCUT2D eigenvalue weighted by molar-refractivity contribution is 9.10. The highest BCUT2D eigenvalue weighted by Crippen LogP contribution is 2.23. The van der Waals surface area contributed by atoms with Gasteiger partial charge in [-0.25, -0.2) is 4.79 Å². The molecule has 108 valence electrons. The van der Waals surface area contributed by atoms with Crippen LogP contribution in [0.2, 0.25) is 0 Å². The Labute approximate surface area is 128 Å². The minimum Gasteiger partial charge on any atom is -0.477 e. The van der Waals surface area contributed by atoms with Crippen LogP contribution in [0.4, 0.5) is 11.4 Å². The second-order valence-corrected chi connectivity index (χ2v) is 5.19. The van der Waals surface area contributed by atoms with Crippen LogP contribution in [0.25, 0.3) is 0 Å². The molecule has 0 aliphatic carbocycles. The predicted molar refractivity (Wildman–Crippen MR) is 81.5 cm³/mol. The Bertz CT molecular complexity index is 686. The molecule has 2 aromatic carbocycles. The van der Waals surface area contributed by atoms with Gasteiger partial charge in [-0.15, -0.1) is 0 Å². The fourth-order valence-corrected chi connectivity index (χ4v) is 2.04. The lowest BCUT2D eigenvalue weighted by atomic mass is 10.1. The van der Waals surface area contributed by atoms with Crippen molar-refractivity contribution >= 4 is 33.3 Å². The fraction of sp³-hybridized carbons (Fsp3) is 0.0714. The van der Waals surface area contributed by atoms with Crippen LogP contribution in [0.5, 0.6) is 0 Å². The molecule has 0 unspecified atom stereocenters. The van der Waals surface area contributed by atoms with Crippen molar-refractivity contribution in [1.29, 1.82) is 0 Å². The first-order valence-corrected chi connectivity index (χ1v) is 6.76. The molecular formula is C14H11BrN2O4. The lowest BCUT2D eigenvalue weighted by Crippen LogP contribution is -2.05. The average molecular weight is 351 g/mol. The Morgan fingerprint density at radius 3 is 2.48 bits per heavy atom. The zero-order valence-electron chi connectivity index (χ0n) is 10.7. The summed E-state index contributed by atoms with van der Waals surface area (Å²) in [6.45, 7) is 0.483. The minimum absolute atomic E-state index is 0.325. The van der Waals surface area contributed by atoms with Gasteiger partial charge in [-0.1, -0.05) is 28.1 Å². The molecule has 0 amide bonds. The van der Waals surface area contributed by atoms with Gasteiger partial charge in [-0.2, -0.15) is 0 Å². The van der Waals surface area contributed by atoms with E-state index in [-0.39, 0.29) is 5.56 Å². The molecule has 7 heteroatoms. The van der Waals surface area contributed by atoms with E-state index in [0.717, 1.165) is 10.0 Å². The Kier molecular flexibility index (Phi) is 4.54. The van der Waals surface area contributed by atoms with Gasteiger partial charge in [-0.05, 0) is 29.8 Å². The molecule has 2 rings (SSSR count). The van der Waals surface area contributed by atoms with Crippen molar-refractivity contribution < 1.29 is 14.8 Å². The van der Waals surface area contributed by atoms with E-state index in [1.807, 2.05) is 24.3 Å². The zero-order chi connectivity index (χ0) is 15.4. The summed E-state index contributed by atoms with van der Waals surface area (Å²) in [5.41, 5.74) is 0.746. The Balaban J connectivity index is 2.17. The summed E-state index contributed by atoms with van der Waals surface area (Å²) < 4.78 is 0.965. The molecule has 0 saturated carbocycles. The predicted octanol–water partition coefficient (Wildman–Crippen LogP) is 3.67. The fourth-order valence-electron chi connectivity index (χ4n) is 1.78. The first-order valence-electron chi connectivity index (χ1n) is 5.97. The lowest BCUT2D eigenvalue weighted by molar-refractivity contribution is -0.385. The topological polar surface area (TPSA) is 92.5 Å². The van der Waals surface area contributed by atoms with Crippen molar-refractivity contribution in [3.05, 3.63) is 68.2 Å². The van der Waals surface area contributed by atoms with Gasteiger partial charge >= 0.3 is 5.97 Å². The molecule has 0 aromatic heterocycles. The van der Waals surface area contributed by atoms with Crippen LogP contribution in [0.3, 0.4) is 0 Å². The van der Waals surface area contributed by atoms with Gasteiger partial charge in [0.25, 0.3) is 5.69 Å². The second kappa shape index (κ2) is 6.36. The van der Waals surface area contributed by atoms with Crippen LogP contribution in [-0.4, -0.2) is 16.0 Å². The number of nitro groups is 1. The van der Waals surface area contributed by atoms with Crippen LogP contribution < -0.4 is 5.32 Å². The third-order valence-electron chi connectivity index (χ3n) is 2.83. The number of hydrogen-bond donors (Lipinski definition) is 2. The normalized spacial score (nSPS) is 10.1. The highest BCUT2D eigenvalue weighted by Gasteiger charge is 2.19. The molecule has 21 heavy (non-hydrogen) atoms. The first kappa shape index (κ1) is 15.0. The number of aromatic carboxylic acids is 1. The molecule has 0 heterocycles. The molecule has 0 radical (unpaired) electrons. The van der Waals surface area contributed by atoms with E-state index in [4.69, 9.17) is 5.11 Å². The van der Waals surface area contributed by atoms with Crippen molar-refractivity contribution in [2.75, 3.05) is 5.32 Å². The van der Waals surface area contributed by atoms with E-state index >= 15 is 0 Å². The van der Waals surface area contributed by atoms with Crippen LogP contribution >= 0.6 is 15.9 Å². The maximum absolute atomic E-state index is 10.9. The number of anilines is 1. The summed E-state index contributed by atoms with van der Waals surface area (Å²) in [5.74, 6) is -1.32. The van der Waals surface area contributed by atoms with Crippen molar-refractivity contribution in [3.63, 3.8) is 0 Å². The zero-order valence-corrected chi connectivity index (χ0v) is 12.3. The summed E-state index contributed by atoms with van der Waals surface area (Å²) in [6.07, 6.45) is 0. The number of halogens is 1. The molecule has 6 nitrogen and oxygen atoms in total. The summed E-state index contributed by atoms with van der Waals surface area (Å²) in [7, 11) is 0. The van der Waals surface area contributed by atoms with E-state index in [9.17, 15) is 14.9 Å². The minimum atomic E-state index is -1.32. The molecule has 0 aliphatic rings. The van der Waals surface area contributed by atoms with Crippen molar-refractivity contribution in [2.45, 2.75) is 6.54 Å². The first-order chi connectivity index (χ1) is 9.97. The average Bonchev–Trinajstić information content (AvgIpc) is 2.46. The Morgan fingerprint density at radius 2 is 1.90 bits per heavy atom. The quantitative estimate of drug-likeness (QED) is 0.633. The summed E-state index contributed by atoms with van der Waals surface area (Å²) in [6, 6.07) is 11.6. The number of nitro benzene ring substituents is 1. The maximum atomic E-state index is 10.9. The number of hydrogen-bond acceptors (Lipinski definition) is 4. The number of nitrogens with zero attached hydrogens (tertiary/aromatic N) is 1. The molecular weight excluding hydrogens is 340 g/mol. The number of carbonyl (C=O) groups is 1. The van der Waals surface area contributed by atoms with Gasteiger partial charge in [0.05, 0.1) is 4.92 Å². The van der Waals surface area contributed by atoms with Gasteiger partial charge in [0.2, 0.25) is 0 Å². The number of rotatable bonds is 5. The maximum Gasteiger partial charge on any atom is 0.342 e. The number of benzene rings is 2. The highest BCUT2D eigenvalue weighted by atomic mass is 79.9. The van der Waals surface area contributed by atoms with Gasteiger partial charge in [0.15, 0.2) is 0 Å². The molecule has 2 N–H and O–H groups in total. The van der Waals surface area contributed by atoms with E-state index in [0.29, 0.717) is 12.2 Å². The number of nitrogens with one attached hydrogen (secondary N) is 1. The van der Waals surface area contributed by atoms with Gasteiger partial charge in [0, 0.05) is 22.8 Å². The smallest absolute Gasteiger partial charge is 0.342 e. The monoisotopic (exact) mass is 350 g/mol. The molecule has 0 saturated heterocycles. The molecule has 0 atom stereocenters. The molecule has 2 aromatic rings. The number of carboxylic acids is 1. The standard InChI is InChI=1S/C14H11BrN2O4/c15-10-3-1-9(2-4-10)8-16-11-5-6-12(14(18)19)13(7-11)17(20)21/h1-7,16H,8H2,(H,18,19). The van der Waals surface area contributed by atoms with Crippen LogP contribution in [0.15, 0.2) is 46.9 Å². The van der Waals surface area contributed by atoms with Crippen LogP contribution in [0, 0.1) is 10.1 Å². The summed E-state index contributed by atoms with van der Waals surface area (Å²) >= 11 is 3.34. The summed E-state index contributed by atoms with van der Waals surface area (Å²) in [5, 5.41) is 22.8. The van der Waals surface area contributed by atoms with Crippen molar-refractivity contribution in [1.82, 2.24) is 0 Å². The molecule has 0 bridgehead atoms. The third kappa shape index (κ3) is 3.79. The molecule has 0 fully saturated rings. The Morgan fingerprint density at radius 1 is 1.24 bits per heavy atom. The van der Waals surface area contributed by atoms with Gasteiger partial charge in [0.1, 0.15) is 5.56 Å². The lowest BCUT2D eigenvalue weighted by Gasteiger charge is -2.07.